The molecule has 0 bridgehead atoms. The van der Waals surface area contributed by atoms with Crippen LogP contribution >= 0.6 is 0 Å². The van der Waals surface area contributed by atoms with Crippen LogP contribution in [0.1, 0.15) is 51.9 Å². The van der Waals surface area contributed by atoms with Gasteiger partial charge in [0.15, 0.2) is 18.7 Å². The first-order valence-electron chi connectivity index (χ1n) is 14.8. The van der Waals surface area contributed by atoms with Crippen molar-refractivity contribution in [2.45, 2.75) is 138 Å². The summed E-state index contributed by atoms with van der Waals surface area (Å²) in [6.07, 6.45) is -13.6. The van der Waals surface area contributed by atoms with Crippen LogP contribution in [-0.4, -0.2) is 152 Å². The molecule has 0 aromatic carbocycles. The van der Waals surface area contributed by atoms with Gasteiger partial charge in [0.25, 0.3) is 0 Å². The molecule has 244 valence electrons. The molecule has 3 saturated heterocycles. The number of carbonyl (C=O) groups is 1. The zero-order valence-corrected chi connectivity index (χ0v) is 23.7. The Morgan fingerprint density at radius 1 is 0.786 bits per heavy atom. The van der Waals surface area contributed by atoms with E-state index in [1.54, 1.807) is 0 Å². The standard InChI is InChI=1S/C27H46O15/c1-12-18(30)20(32)21(33)26(38-12)42-23-14(7-8-37-17(23)11-29)40-27-22(34)24(19(31)16(10-28)41-27)39-15(25(35)36)9-13-5-3-2-4-6-13/h12-24,26-34H,2-11H2,1H3,(H,35,36)/t12-,14+,15?,16+,17+,18+,19-,20+,21-,22+,23?,24-,26?,27+/m0/s1. The Kier molecular flexibility index (Phi) is 12.3. The molecule has 0 aromatic heterocycles. The maximum atomic E-state index is 12.1. The molecule has 4 fully saturated rings. The minimum Gasteiger partial charge on any atom is -0.479 e. The van der Waals surface area contributed by atoms with Crippen LogP contribution in [0.15, 0.2) is 0 Å². The normalized spacial score (nSPS) is 44.5. The van der Waals surface area contributed by atoms with Crippen molar-refractivity contribution in [2.75, 3.05) is 19.8 Å². The lowest BCUT2D eigenvalue weighted by Crippen LogP contribution is -2.63. The quantitative estimate of drug-likeness (QED) is 0.122. The van der Waals surface area contributed by atoms with E-state index in [0.717, 1.165) is 32.1 Å². The van der Waals surface area contributed by atoms with Crippen molar-refractivity contribution in [3.63, 3.8) is 0 Å². The highest BCUT2D eigenvalue weighted by Gasteiger charge is 2.51. The van der Waals surface area contributed by atoms with Gasteiger partial charge in [-0.15, -0.1) is 0 Å². The van der Waals surface area contributed by atoms with Gasteiger partial charge in [0.2, 0.25) is 0 Å². The lowest BCUT2D eigenvalue weighted by Gasteiger charge is -2.47. The molecule has 4 rings (SSSR count). The zero-order valence-electron chi connectivity index (χ0n) is 23.7. The fourth-order valence-electron chi connectivity index (χ4n) is 6.22. The fraction of sp³-hybridized carbons (Fsp3) is 0.963. The Hall–Kier alpha value is -1.05. The van der Waals surface area contributed by atoms with Crippen LogP contribution in [0.25, 0.3) is 0 Å². The Labute approximate surface area is 243 Å². The first kappa shape index (κ1) is 33.8. The van der Waals surface area contributed by atoms with Crippen LogP contribution in [0, 0.1) is 5.92 Å². The molecule has 4 aliphatic rings. The minimum atomic E-state index is -1.68. The number of hydrogen-bond acceptors (Lipinski definition) is 14. The van der Waals surface area contributed by atoms with E-state index in [9.17, 15) is 45.6 Å². The lowest BCUT2D eigenvalue weighted by molar-refractivity contribution is -0.356. The Morgan fingerprint density at radius 2 is 1.45 bits per heavy atom. The Bertz CT molecular complexity index is 842. The van der Waals surface area contributed by atoms with Gasteiger partial charge in [0, 0.05) is 6.61 Å². The SMILES string of the molecule is C[C@@H]1OC(OC2[C@@H](CO)OCC[C@H]2O[C@@H]2O[C@H](CO)[C@H](O)[C@H](OC(CC3CCCCC3)C(=O)O)[C@H]2O)[C@@H](O)[C@H](O)[C@@H]1O. The average Bonchev–Trinajstić information content (AvgIpc) is 2.98. The molecule has 42 heavy (non-hydrogen) atoms. The molecule has 3 heterocycles. The predicted octanol–water partition coefficient (Wildman–Crippen LogP) is -2.39. The van der Waals surface area contributed by atoms with E-state index in [1.807, 2.05) is 0 Å². The summed E-state index contributed by atoms with van der Waals surface area (Å²) in [7, 11) is 0. The van der Waals surface area contributed by atoms with E-state index < -0.39 is 105 Å². The molecule has 0 radical (unpaired) electrons. The predicted molar refractivity (Wildman–Crippen MR) is 139 cm³/mol. The molecule has 0 amide bonds. The van der Waals surface area contributed by atoms with Crippen LogP contribution in [0.4, 0.5) is 0 Å². The molecule has 3 aliphatic heterocycles. The van der Waals surface area contributed by atoms with Gasteiger partial charge < -0.3 is 69.3 Å². The topological polar surface area (TPSA) is 234 Å². The highest BCUT2D eigenvalue weighted by molar-refractivity contribution is 5.72. The third kappa shape index (κ3) is 7.77. The van der Waals surface area contributed by atoms with Crippen molar-refractivity contribution < 1.29 is 74.1 Å². The van der Waals surface area contributed by atoms with E-state index in [2.05, 4.69) is 0 Å². The summed E-state index contributed by atoms with van der Waals surface area (Å²) in [5, 5.41) is 82.4. The number of ether oxygens (including phenoxy) is 6. The molecule has 8 N–H and O–H groups in total. The highest BCUT2D eigenvalue weighted by atomic mass is 16.7. The molecule has 1 aliphatic carbocycles. The summed E-state index contributed by atoms with van der Waals surface area (Å²) >= 11 is 0. The second-order valence-electron chi connectivity index (χ2n) is 11.7. The smallest absolute Gasteiger partial charge is 0.332 e. The molecule has 3 unspecified atom stereocenters. The molecule has 14 atom stereocenters. The van der Waals surface area contributed by atoms with Crippen LogP contribution in [0.5, 0.6) is 0 Å². The second kappa shape index (κ2) is 15.3. The van der Waals surface area contributed by atoms with Crippen LogP contribution < -0.4 is 0 Å². The number of carboxylic acids is 1. The van der Waals surface area contributed by atoms with Crippen molar-refractivity contribution >= 4 is 5.97 Å². The van der Waals surface area contributed by atoms with E-state index in [-0.39, 0.29) is 25.4 Å². The number of aliphatic hydroxyl groups is 7. The molecule has 1 saturated carbocycles. The Balaban J connectivity index is 1.49. The summed E-state index contributed by atoms with van der Waals surface area (Å²) in [6.45, 7) is 0.393. The van der Waals surface area contributed by atoms with Crippen LogP contribution in [0.3, 0.4) is 0 Å². The first-order valence-corrected chi connectivity index (χ1v) is 14.8. The number of hydrogen-bond donors (Lipinski definition) is 8. The molecule has 15 nitrogen and oxygen atoms in total. The van der Waals surface area contributed by atoms with E-state index >= 15 is 0 Å². The summed E-state index contributed by atoms with van der Waals surface area (Å²) in [5.74, 6) is -1.11. The molecular weight excluding hydrogens is 564 g/mol. The second-order valence-corrected chi connectivity index (χ2v) is 11.7. The van der Waals surface area contributed by atoms with Crippen LogP contribution in [-0.2, 0) is 33.2 Å². The zero-order chi connectivity index (χ0) is 30.6. The van der Waals surface area contributed by atoms with Crippen molar-refractivity contribution in [1.82, 2.24) is 0 Å². The van der Waals surface area contributed by atoms with Gasteiger partial charge in [0.05, 0.1) is 25.4 Å². The van der Waals surface area contributed by atoms with Crippen molar-refractivity contribution in [1.29, 1.82) is 0 Å². The highest BCUT2D eigenvalue weighted by Crippen LogP contribution is 2.34. The van der Waals surface area contributed by atoms with Gasteiger partial charge >= 0.3 is 5.97 Å². The monoisotopic (exact) mass is 610 g/mol. The molecule has 15 heteroatoms. The maximum absolute atomic E-state index is 12.1. The van der Waals surface area contributed by atoms with Crippen LogP contribution in [0.2, 0.25) is 0 Å². The van der Waals surface area contributed by atoms with Gasteiger partial charge in [-0.2, -0.15) is 0 Å². The van der Waals surface area contributed by atoms with Crippen molar-refractivity contribution in [3.8, 4) is 0 Å². The summed E-state index contributed by atoms with van der Waals surface area (Å²) in [6, 6.07) is 0. The molecule has 0 aromatic rings. The van der Waals surface area contributed by atoms with Gasteiger partial charge in [-0.1, -0.05) is 32.1 Å². The van der Waals surface area contributed by atoms with Gasteiger partial charge in [-0.25, -0.2) is 4.79 Å². The number of rotatable bonds is 11. The largest absolute Gasteiger partial charge is 0.479 e. The molecule has 0 spiro atoms. The van der Waals surface area contributed by atoms with Gasteiger partial charge in [-0.05, 0) is 25.7 Å². The van der Waals surface area contributed by atoms with E-state index in [4.69, 9.17) is 28.4 Å². The number of aliphatic carboxylic acids is 1. The first-order chi connectivity index (χ1) is 20.0. The van der Waals surface area contributed by atoms with Crippen molar-refractivity contribution in [2.24, 2.45) is 5.92 Å². The van der Waals surface area contributed by atoms with Crippen molar-refractivity contribution in [3.05, 3.63) is 0 Å². The summed E-state index contributed by atoms with van der Waals surface area (Å²) < 4.78 is 34.5. The van der Waals surface area contributed by atoms with E-state index in [0.29, 0.717) is 0 Å². The summed E-state index contributed by atoms with van der Waals surface area (Å²) in [5.41, 5.74) is 0. The van der Waals surface area contributed by atoms with Gasteiger partial charge in [-0.3, -0.25) is 0 Å². The van der Waals surface area contributed by atoms with Gasteiger partial charge in [0.1, 0.15) is 54.9 Å². The third-order valence-electron chi connectivity index (χ3n) is 8.75. The fourth-order valence-corrected chi connectivity index (χ4v) is 6.22. The summed E-state index contributed by atoms with van der Waals surface area (Å²) in [4.78, 5) is 12.1. The number of carboxylic acid groups (broad SMARTS) is 1. The number of aliphatic hydroxyl groups excluding tert-OH is 7. The third-order valence-corrected chi connectivity index (χ3v) is 8.75. The Morgan fingerprint density at radius 3 is 2.10 bits per heavy atom. The molecular formula is C27H46O15. The maximum Gasteiger partial charge on any atom is 0.332 e. The lowest BCUT2D eigenvalue weighted by atomic mass is 9.85. The average molecular weight is 611 g/mol. The van der Waals surface area contributed by atoms with E-state index in [1.165, 1.54) is 6.92 Å². The minimum absolute atomic E-state index is 0.110.